The maximum Gasteiger partial charge on any atom is 0.414 e. The van der Waals surface area contributed by atoms with Crippen molar-refractivity contribution < 1.29 is 29.0 Å². The summed E-state index contributed by atoms with van der Waals surface area (Å²) < 4.78 is 10.7. The summed E-state index contributed by atoms with van der Waals surface area (Å²) in [6.45, 7) is 0.218. The SMILES string of the molecule is COc1ccc(Cl)cc1CN1C(=O)OCc2ccc(C(=O)Nc3nc(CC(=O)O)cs3)cc21. The quantitative estimate of drug-likeness (QED) is 0.508. The van der Waals surface area contributed by atoms with Crippen molar-refractivity contribution in [2.24, 2.45) is 0 Å². The average molecular weight is 488 g/mol. The average Bonchev–Trinajstić information content (AvgIpc) is 3.21. The van der Waals surface area contributed by atoms with Gasteiger partial charge in [-0.05, 0) is 30.3 Å². The van der Waals surface area contributed by atoms with E-state index in [9.17, 15) is 14.4 Å². The number of fused-ring (bicyclic) bond motifs is 1. The van der Waals surface area contributed by atoms with Crippen LogP contribution in [0.2, 0.25) is 5.02 Å². The highest BCUT2D eigenvalue weighted by Gasteiger charge is 2.28. The first-order valence-electron chi connectivity index (χ1n) is 9.71. The normalized spacial score (nSPS) is 12.7. The molecule has 9 nitrogen and oxygen atoms in total. The molecule has 1 aliphatic heterocycles. The molecule has 0 unspecified atom stereocenters. The van der Waals surface area contributed by atoms with E-state index in [1.165, 1.54) is 12.0 Å². The first-order valence-corrected chi connectivity index (χ1v) is 11.0. The fraction of sp³-hybridized carbons (Fsp3) is 0.182. The van der Waals surface area contributed by atoms with Crippen LogP contribution in [-0.2, 0) is 29.1 Å². The highest BCUT2D eigenvalue weighted by Crippen LogP contribution is 2.32. The summed E-state index contributed by atoms with van der Waals surface area (Å²) in [5.41, 5.74) is 2.62. The molecule has 0 atom stereocenters. The number of hydrogen-bond acceptors (Lipinski definition) is 7. The van der Waals surface area contributed by atoms with Crippen LogP contribution in [0, 0.1) is 0 Å². The van der Waals surface area contributed by atoms with Crippen LogP contribution >= 0.6 is 22.9 Å². The Bertz CT molecular complexity index is 1240. The lowest BCUT2D eigenvalue weighted by molar-refractivity contribution is -0.136. The number of aliphatic carboxylic acids is 1. The second-order valence-electron chi connectivity index (χ2n) is 7.11. The third-order valence-corrected chi connectivity index (χ3v) is 5.93. The number of hydrogen-bond donors (Lipinski definition) is 2. The maximum atomic E-state index is 12.8. The molecule has 2 aromatic carbocycles. The number of ether oxygens (including phenoxy) is 2. The molecular weight excluding hydrogens is 470 g/mol. The Kier molecular flexibility index (Phi) is 6.47. The lowest BCUT2D eigenvalue weighted by Crippen LogP contribution is -2.35. The maximum absolute atomic E-state index is 12.8. The van der Waals surface area contributed by atoms with E-state index in [-0.39, 0.29) is 24.7 Å². The second kappa shape index (κ2) is 9.47. The summed E-state index contributed by atoms with van der Waals surface area (Å²) in [6, 6.07) is 10.1. The molecule has 0 bridgehead atoms. The van der Waals surface area contributed by atoms with E-state index < -0.39 is 18.0 Å². The molecular formula is C22H18ClN3O6S. The zero-order valence-electron chi connectivity index (χ0n) is 17.3. The van der Waals surface area contributed by atoms with Crippen molar-refractivity contribution in [1.29, 1.82) is 0 Å². The van der Waals surface area contributed by atoms with Gasteiger partial charge in [-0.1, -0.05) is 17.7 Å². The van der Waals surface area contributed by atoms with Crippen molar-refractivity contribution in [2.45, 2.75) is 19.6 Å². The second-order valence-corrected chi connectivity index (χ2v) is 8.40. The topological polar surface area (TPSA) is 118 Å². The largest absolute Gasteiger partial charge is 0.496 e. The molecule has 0 saturated heterocycles. The number of carboxylic acid groups (broad SMARTS) is 1. The van der Waals surface area contributed by atoms with Crippen LogP contribution in [0.1, 0.15) is 27.2 Å². The van der Waals surface area contributed by atoms with Gasteiger partial charge in [-0.25, -0.2) is 9.78 Å². The number of halogens is 1. The van der Waals surface area contributed by atoms with Crippen LogP contribution in [0.4, 0.5) is 15.6 Å². The summed E-state index contributed by atoms with van der Waals surface area (Å²) >= 11 is 7.25. The Labute approximate surface area is 197 Å². The van der Waals surface area contributed by atoms with Gasteiger partial charge in [0.25, 0.3) is 5.91 Å². The molecule has 0 spiro atoms. The number of anilines is 2. The van der Waals surface area contributed by atoms with Gasteiger partial charge in [-0.3, -0.25) is 19.8 Å². The van der Waals surface area contributed by atoms with Crippen LogP contribution in [0.5, 0.6) is 5.75 Å². The predicted octanol–water partition coefficient (Wildman–Crippen LogP) is 4.34. The highest BCUT2D eigenvalue weighted by atomic mass is 35.5. The molecule has 2 amide bonds. The number of carboxylic acids is 1. The first-order chi connectivity index (χ1) is 15.8. The smallest absolute Gasteiger partial charge is 0.414 e. The zero-order valence-corrected chi connectivity index (χ0v) is 18.9. The van der Waals surface area contributed by atoms with E-state index in [4.69, 9.17) is 26.2 Å². The van der Waals surface area contributed by atoms with E-state index in [1.807, 2.05) is 0 Å². The molecule has 3 aromatic rings. The van der Waals surface area contributed by atoms with E-state index in [0.717, 1.165) is 16.9 Å². The fourth-order valence-electron chi connectivity index (χ4n) is 3.35. The molecule has 170 valence electrons. The van der Waals surface area contributed by atoms with Gasteiger partial charge in [-0.15, -0.1) is 11.3 Å². The van der Waals surface area contributed by atoms with Crippen LogP contribution in [0.15, 0.2) is 41.8 Å². The summed E-state index contributed by atoms with van der Waals surface area (Å²) in [4.78, 5) is 41.7. The summed E-state index contributed by atoms with van der Waals surface area (Å²) in [5.74, 6) is -0.876. The Balaban J connectivity index is 1.59. The van der Waals surface area contributed by atoms with Gasteiger partial charge in [0.05, 0.1) is 31.5 Å². The molecule has 11 heteroatoms. The summed E-state index contributed by atoms with van der Waals surface area (Å²) in [7, 11) is 1.53. The number of aromatic nitrogens is 1. The number of amides is 2. The Morgan fingerprint density at radius 2 is 2.12 bits per heavy atom. The minimum atomic E-state index is -1.00. The Morgan fingerprint density at radius 1 is 1.30 bits per heavy atom. The lowest BCUT2D eigenvalue weighted by Gasteiger charge is -2.29. The van der Waals surface area contributed by atoms with E-state index >= 15 is 0 Å². The van der Waals surface area contributed by atoms with Crippen molar-refractivity contribution in [2.75, 3.05) is 17.3 Å². The van der Waals surface area contributed by atoms with Gasteiger partial charge < -0.3 is 14.6 Å². The zero-order chi connectivity index (χ0) is 23.5. The number of rotatable bonds is 7. The van der Waals surface area contributed by atoms with Gasteiger partial charge in [-0.2, -0.15) is 0 Å². The van der Waals surface area contributed by atoms with Gasteiger partial charge >= 0.3 is 12.1 Å². The Morgan fingerprint density at radius 3 is 2.88 bits per heavy atom. The molecule has 0 saturated carbocycles. The van der Waals surface area contributed by atoms with Crippen molar-refractivity contribution >= 4 is 51.7 Å². The van der Waals surface area contributed by atoms with E-state index in [2.05, 4.69) is 10.3 Å². The van der Waals surface area contributed by atoms with Crippen LogP contribution in [0.3, 0.4) is 0 Å². The third kappa shape index (κ3) is 5.07. The number of cyclic esters (lactones) is 1. The third-order valence-electron chi connectivity index (χ3n) is 4.89. The standard InChI is InChI=1S/C22H18ClN3O6S/c1-31-18-5-4-15(23)6-14(18)9-26-17-7-12(2-3-13(17)10-32-22(26)30)20(29)25-21-24-16(11-33-21)8-19(27)28/h2-7,11H,8-10H2,1H3,(H,27,28)(H,24,25,29). The van der Waals surface area contributed by atoms with Crippen LogP contribution in [-0.4, -0.2) is 35.2 Å². The molecule has 33 heavy (non-hydrogen) atoms. The Hall–Kier alpha value is -3.63. The number of nitrogens with one attached hydrogen (secondary N) is 1. The molecule has 0 aliphatic carbocycles. The van der Waals surface area contributed by atoms with E-state index in [0.29, 0.717) is 33.3 Å². The number of methoxy groups -OCH3 is 1. The molecule has 0 radical (unpaired) electrons. The number of nitrogens with zero attached hydrogens (tertiary/aromatic N) is 2. The number of carbonyl (C=O) groups is 3. The number of benzene rings is 2. The van der Waals surface area contributed by atoms with Gasteiger partial charge in [0, 0.05) is 27.1 Å². The molecule has 4 rings (SSSR count). The van der Waals surface area contributed by atoms with Gasteiger partial charge in [0.2, 0.25) is 0 Å². The van der Waals surface area contributed by atoms with Crippen molar-refractivity contribution in [3.8, 4) is 5.75 Å². The molecule has 1 aromatic heterocycles. The predicted molar refractivity (Wildman–Crippen MR) is 122 cm³/mol. The number of carbonyl (C=O) groups excluding carboxylic acids is 2. The van der Waals surface area contributed by atoms with E-state index in [1.54, 1.807) is 41.8 Å². The van der Waals surface area contributed by atoms with Crippen molar-refractivity contribution in [3.63, 3.8) is 0 Å². The fourth-order valence-corrected chi connectivity index (χ4v) is 4.25. The van der Waals surface area contributed by atoms with Crippen LogP contribution < -0.4 is 15.0 Å². The molecule has 0 fully saturated rings. The molecule has 2 N–H and O–H groups in total. The molecule has 2 heterocycles. The van der Waals surface area contributed by atoms with Crippen molar-refractivity contribution in [3.05, 3.63) is 69.2 Å². The first kappa shape index (κ1) is 22.6. The summed E-state index contributed by atoms with van der Waals surface area (Å²) in [6.07, 6.45) is -0.782. The van der Waals surface area contributed by atoms with Gasteiger partial charge in [0.15, 0.2) is 5.13 Å². The minimum Gasteiger partial charge on any atom is -0.496 e. The monoisotopic (exact) mass is 487 g/mol. The summed E-state index contributed by atoms with van der Waals surface area (Å²) in [5, 5.41) is 13.9. The van der Waals surface area contributed by atoms with Gasteiger partial charge in [0.1, 0.15) is 12.4 Å². The van der Waals surface area contributed by atoms with Crippen molar-refractivity contribution in [1.82, 2.24) is 4.98 Å². The minimum absolute atomic E-state index is 0.0876. The molecule has 1 aliphatic rings. The number of thiazole rings is 1. The van der Waals surface area contributed by atoms with Crippen LogP contribution in [0.25, 0.3) is 0 Å². The lowest BCUT2D eigenvalue weighted by atomic mass is 10.1. The highest BCUT2D eigenvalue weighted by molar-refractivity contribution is 7.14.